The molecule has 0 bridgehead atoms. The Morgan fingerprint density at radius 1 is 1.05 bits per heavy atom. The van der Waals surface area contributed by atoms with E-state index in [1.807, 2.05) is 29.1 Å². The maximum Gasteiger partial charge on any atom is 0.352 e. The van der Waals surface area contributed by atoms with Gasteiger partial charge in [0.25, 0.3) is 5.91 Å². The SMILES string of the molecule is CCOC(=O)CCCCCCCCCC(C(=O)NC1C(=O)N2C(C(=O)O)=C(COC(C)=O)CSC12)n1cccc1. The third-order valence-corrected chi connectivity index (χ3v) is 8.29. The van der Waals surface area contributed by atoms with E-state index in [1.165, 1.54) is 23.6 Å². The van der Waals surface area contributed by atoms with Crippen LogP contribution in [0.4, 0.5) is 0 Å². The molecular formula is C28H39N3O8S. The van der Waals surface area contributed by atoms with Crippen LogP contribution in [0.1, 0.15) is 77.7 Å². The molecule has 2 aliphatic heterocycles. The highest BCUT2D eigenvalue weighted by Gasteiger charge is 2.54. The first-order chi connectivity index (χ1) is 19.2. The molecule has 0 spiro atoms. The van der Waals surface area contributed by atoms with Crippen molar-refractivity contribution < 1.29 is 38.6 Å². The third kappa shape index (κ3) is 8.36. The normalized spacial score (nSPS) is 18.9. The summed E-state index contributed by atoms with van der Waals surface area (Å²) in [5.74, 6) is -2.43. The van der Waals surface area contributed by atoms with Crippen molar-refractivity contribution in [2.45, 2.75) is 89.1 Å². The molecule has 3 rings (SSSR count). The zero-order valence-corrected chi connectivity index (χ0v) is 24.0. The zero-order valence-electron chi connectivity index (χ0n) is 23.1. The molecule has 40 heavy (non-hydrogen) atoms. The lowest BCUT2D eigenvalue weighted by Gasteiger charge is -2.49. The van der Waals surface area contributed by atoms with Gasteiger partial charge in [0.2, 0.25) is 5.91 Å². The number of hydrogen-bond donors (Lipinski definition) is 2. The summed E-state index contributed by atoms with van der Waals surface area (Å²) in [6.45, 7) is 3.26. The summed E-state index contributed by atoms with van der Waals surface area (Å²) in [4.78, 5) is 62.0. The third-order valence-electron chi connectivity index (χ3n) is 6.95. The van der Waals surface area contributed by atoms with E-state index in [9.17, 15) is 29.1 Å². The summed E-state index contributed by atoms with van der Waals surface area (Å²) in [6.07, 6.45) is 11.5. The van der Waals surface area contributed by atoms with Gasteiger partial charge < -0.3 is 24.5 Å². The van der Waals surface area contributed by atoms with Crippen molar-refractivity contribution in [1.29, 1.82) is 0 Å². The molecule has 0 aliphatic carbocycles. The average molecular weight is 578 g/mol. The summed E-state index contributed by atoms with van der Waals surface area (Å²) in [6, 6.07) is 2.38. The lowest BCUT2D eigenvalue weighted by Crippen LogP contribution is -2.71. The Hall–Kier alpha value is -3.28. The fraction of sp³-hybridized carbons (Fsp3) is 0.607. The lowest BCUT2D eigenvalue weighted by molar-refractivity contribution is -0.151. The number of ether oxygens (including phenoxy) is 2. The van der Waals surface area contributed by atoms with Crippen LogP contribution in [0.15, 0.2) is 35.8 Å². The largest absolute Gasteiger partial charge is 0.477 e. The van der Waals surface area contributed by atoms with Gasteiger partial charge in [-0.2, -0.15) is 0 Å². The van der Waals surface area contributed by atoms with Gasteiger partial charge in [0.05, 0.1) is 6.61 Å². The highest BCUT2D eigenvalue weighted by atomic mass is 32.2. The molecule has 1 fully saturated rings. The number of carboxylic acid groups (broad SMARTS) is 1. The smallest absolute Gasteiger partial charge is 0.352 e. The second-order valence-corrected chi connectivity index (χ2v) is 11.0. The zero-order chi connectivity index (χ0) is 29.1. The number of carbonyl (C=O) groups excluding carboxylic acids is 4. The number of β-lactam (4-membered cyclic amide) rings is 1. The quantitative estimate of drug-likeness (QED) is 0.162. The van der Waals surface area contributed by atoms with Crippen LogP contribution in [0, 0.1) is 0 Å². The van der Waals surface area contributed by atoms with Crippen LogP contribution >= 0.6 is 11.8 Å². The predicted octanol–water partition coefficient (Wildman–Crippen LogP) is 3.40. The minimum absolute atomic E-state index is 0.141. The van der Waals surface area contributed by atoms with E-state index in [1.54, 1.807) is 6.92 Å². The lowest BCUT2D eigenvalue weighted by atomic mass is 10.0. The first-order valence-electron chi connectivity index (χ1n) is 13.9. The first kappa shape index (κ1) is 31.3. The Labute approximate surface area is 238 Å². The van der Waals surface area contributed by atoms with Crippen molar-refractivity contribution in [3.05, 3.63) is 35.8 Å². The number of rotatable bonds is 17. The van der Waals surface area contributed by atoms with E-state index in [2.05, 4.69) is 5.32 Å². The van der Waals surface area contributed by atoms with Gasteiger partial charge in [0.15, 0.2) is 0 Å². The number of unbranched alkanes of at least 4 members (excludes halogenated alkanes) is 6. The molecule has 12 heteroatoms. The van der Waals surface area contributed by atoms with Crippen molar-refractivity contribution in [1.82, 2.24) is 14.8 Å². The fourth-order valence-corrected chi connectivity index (χ4v) is 6.26. The Kier molecular flexibility index (Phi) is 12.1. The molecule has 3 atom stereocenters. The van der Waals surface area contributed by atoms with Crippen molar-refractivity contribution in [2.24, 2.45) is 0 Å². The van der Waals surface area contributed by atoms with Gasteiger partial charge in [0.1, 0.15) is 29.8 Å². The molecule has 3 unspecified atom stereocenters. The van der Waals surface area contributed by atoms with Crippen molar-refractivity contribution in [3.8, 4) is 0 Å². The number of fused-ring (bicyclic) bond motifs is 1. The molecule has 2 aliphatic rings. The van der Waals surface area contributed by atoms with E-state index in [0.717, 1.165) is 44.9 Å². The van der Waals surface area contributed by atoms with E-state index < -0.39 is 35.3 Å². The van der Waals surface area contributed by atoms with Crippen LogP contribution in [0.3, 0.4) is 0 Å². The Morgan fingerprint density at radius 2 is 1.70 bits per heavy atom. The number of esters is 2. The summed E-state index contributed by atoms with van der Waals surface area (Å²) in [5, 5.41) is 12.1. The van der Waals surface area contributed by atoms with Crippen molar-refractivity contribution in [2.75, 3.05) is 19.0 Å². The van der Waals surface area contributed by atoms with Gasteiger partial charge in [-0.1, -0.05) is 38.5 Å². The number of aliphatic carboxylic acids is 1. The molecule has 0 aromatic carbocycles. The summed E-state index contributed by atoms with van der Waals surface area (Å²) >= 11 is 1.34. The molecule has 3 heterocycles. The van der Waals surface area contributed by atoms with E-state index in [4.69, 9.17) is 9.47 Å². The molecule has 0 radical (unpaired) electrons. The van der Waals surface area contributed by atoms with Crippen LogP contribution in [0.5, 0.6) is 0 Å². The maximum atomic E-state index is 13.3. The highest BCUT2D eigenvalue weighted by molar-refractivity contribution is 8.00. The molecule has 0 saturated carbocycles. The van der Waals surface area contributed by atoms with Gasteiger partial charge in [-0.15, -0.1) is 11.8 Å². The Balaban J connectivity index is 1.48. The number of carboxylic acids is 1. The van der Waals surface area contributed by atoms with Gasteiger partial charge in [-0.3, -0.25) is 24.1 Å². The number of nitrogens with one attached hydrogen (secondary N) is 1. The first-order valence-corrected chi connectivity index (χ1v) is 14.9. The molecule has 2 amide bonds. The van der Waals surface area contributed by atoms with Crippen molar-refractivity contribution in [3.63, 3.8) is 0 Å². The van der Waals surface area contributed by atoms with E-state index in [0.29, 0.717) is 25.0 Å². The fourth-order valence-electron chi connectivity index (χ4n) is 4.93. The maximum absolute atomic E-state index is 13.3. The highest BCUT2D eigenvalue weighted by Crippen LogP contribution is 2.40. The minimum atomic E-state index is -1.27. The molecule has 1 aromatic rings. The Bertz CT molecular complexity index is 1090. The number of aromatic nitrogens is 1. The molecular weight excluding hydrogens is 538 g/mol. The van der Waals surface area contributed by atoms with Crippen LogP contribution < -0.4 is 5.32 Å². The molecule has 2 N–H and O–H groups in total. The molecule has 1 aromatic heterocycles. The van der Waals surface area contributed by atoms with Gasteiger partial charge in [-0.05, 0) is 31.9 Å². The van der Waals surface area contributed by atoms with Crippen LogP contribution in [0.25, 0.3) is 0 Å². The van der Waals surface area contributed by atoms with E-state index >= 15 is 0 Å². The predicted molar refractivity (Wildman–Crippen MR) is 148 cm³/mol. The van der Waals surface area contributed by atoms with E-state index in [-0.39, 0.29) is 29.9 Å². The number of thioether (sulfide) groups is 1. The average Bonchev–Trinajstić information content (AvgIpc) is 3.45. The summed E-state index contributed by atoms with van der Waals surface area (Å²) in [5.41, 5.74) is 0.176. The Morgan fingerprint density at radius 3 is 2.33 bits per heavy atom. The second-order valence-electron chi connectivity index (χ2n) is 9.90. The number of amides is 2. The van der Waals surface area contributed by atoms with Gasteiger partial charge in [-0.25, -0.2) is 4.79 Å². The monoisotopic (exact) mass is 577 g/mol. The topological polar surface area (TPSA) is 144 Å². The number of nitrogens with zero attached hydrogens (tertiary/aromatic N) is 2. The van der Waals surface area contributed by atoms with Crippen molar-refractivity contribution >= 4 is 41.5 Å². The van der Waals surface area contributed by atoms with Crippen LogP contribution in [-0.4, -0.2) is 74.7 Å². The van der Waals surface area contributed by atoms with Gasteiger partial charge in [0, 0.05) is 37.1 Å². The summed E-state index contributed by atoms with van der Waals surface area (Å²) < 4.78 is 11.7. The second kappa shape index (κ2) is 15.5. The standard InChI is InChI=1S/C28H39N3O8S/c1-3-38-22(33)14-10-8-6-4-5-7-9-13-21(30-15-11-12-16-30)25(34)29-23-26(35)31-24(28(36)37)20(17-39-19(2)32)18-40-27(23)31/h11-12,15-16,21,23,27H,3-10,13-14,17-18H2,1-2H3,(H,29,34)(H,36,37). The minimum Gasteiger partial charge on any atom is -0.477 e. The number of hydrogen-bond acceptors (Lipinski definition) is 8. The molecule has 220 valence electrons. The van der Waals surface area contributed by atoms with Crippen LogP contribution in [0.2, 0.25) is 0 Å². The van der Waals surface area contributed by atoms with Gasteiger partial charge >= 0.3 is 17.9 Å². The molecule has 1 saturated heterocycles. The number of carbonyl (C=O) groups is 5. The molecule has 11 nitrogen and oxygen atoms in total. The van der Waals surface area contributed by atoms with Crippen LogP contribution in [-0.2, 0) is 33.4 Å². The summed E-state index contributed by atoms with van der Waals surface area (Å²) in [7, 11) is 0.